The summed E-state index contributed by atoms with van der Waals surface area (Å²) in [4.78, 5) is 20.3. The number of ether oxygens (including phenoxy) is 1. The van der Waals surface area contributed by atoms with Crippen molar-refractivity contribution in [1.82, 2.24) is 15.5 Å². The number of halogens is 1. The molecule has 1 aromatic heterocycles. The van der Waals surface area contributed by atoms with Crippen LogP contribution in [-0.4, -0.2) is 43.0 Å². The van der Waals surface area contributed by atoms with Gasteiger partial charge in [0, 0.05) is 50.1 Å². The van der Waals surface area contributed by atoms with Gasteiger partial charge in [0.15, 0.2) is 5.96 Å². The minimum absolute atomic E-state index is 0. The zero-order valence-electron chi connectivity index (χ0n) is 19.4. The van der Waals surface area contributed by atoms with Crippen molar-refractivity contribution in [1.29, 1.82) is 0 Å². The van der Waals surface area contributed by atoms with Crippen molar-refractivity contribution in [3.05, 3.63) is 51.2 Å². The topological polar surface area (TPSA) is 66.0 Å². The standard InChI is InChI=1S/C24H34N4O2S.HI/c1-5-18(3)30-21-14-17(2)6-7-19(21)15-27-24(25-4)26-11-8-23(29)28-12-9-22-20(16-28)10-13-31-22;/h6-7,10,13-14,18H,5,8-9,11-12,15-16H2,1-4H3,(H2,25,26,27);1H. The predicted molar refractivity (Wildman–Crippen MR) is 143 cm³/mol. The van der Waals surface area contributed by atoms with Crippen LogP contribution < -0.4 is 15.4 Å². The average Bonchev–Trinajstić information content (AvgIpc) is 3.24. The number of nitrogens with zero attached hydrogens (tertiary/aromatic N) is 2. The van der Waals surface area contributed by atoms with Gasteiger partial charge in [0.2, 0.25) is 5.91 Å². The van der Waals surface area contributed by atoms with Gasteiger partial charge >= 0.3 is 0 Å². The Hall–Kier alpha value is -1.81. The molecule has 32 heavy (non-hydrogen) atoms. The van der Waals surface area contributed by atoms with Gasteiger partial charge in [-0.1, -0.05) is 19.1 Å². The maximum Gasteiger partial charge on any atom is 0.224 e. The van der Waals surface area contributed by atoms with E-state index >= 15 is 0 Å². The lowest BCUT2D eigenvalue weighted by molar-refractivity contribution is -0.131. The SMILES string of the molecule is CCC(C)Oc1cc(C)ccc1CNC(=NC)NCCC(=O)N1CCc2sccc2C1.I. The fraction of sp³-hybridized carbons (Fsp3) is 0.500. The number of carbonyl (C=O) groups excluding carboxylic acids is 1. The van der Waals surface area contributed by atoms with E-state index in [-0.39, 0.29) is 36.0 Å². The maximum absolute atomic E-state index is 12.6. The van der Waals surface area contributed by atoms with Gasteiger partial charge in [-0.2, -0.15) is 0 Å². The molecule has 1 unspecified atom stereocenters. The van der Waals surface area contributed by atoms with Crippen molar-refractivity contribution < 1.29 is 9.53 Å². The molecule has 1 aliphatic heterocycles. The van der Waals surface area contributed by atoms with Gasteiger partial charge in [0.1, 0.15) is 5.75 Å². The molecule has 8 heteroatoms. The lowest BCUT2D eigenvalue weighted by atomic mass is 10.1. The van der Waals surface area contributed by atoms with E-state index in [1.807, 2.05) is 4.90 Å². The summed E-state index contributed by atoms with van der Waals surface area (Å²) in [5.41, 5.74) is 3.56. The summed E-state index contributed by atoms with van der Waals surface area (Å²) in [6.07, 6.45) is 2.55. The Morgan fingerprint density at radius 3 is 2.88 bits per heavy atom. The number of aryl methyl sites for hydroxylation is 1. The van der Waals surface area contributed by atoms with Crippen LogP contribution in [0.4, 0.5) is 0 Å². The van der Waals surface area contributed by atoms with E-state index in [9.17, 15) is 4.79 Å². The zero-order valence-corrected chi connectivity index (χ0v) is 22.6. The second kappa shape index (κ2) is 13.0. The molecule has 1 aromatic carbocycles. The smallest absolute Gasteiger partial charge is 0.224 e. The van der Waals surface area contributed by atoms with Gasteiger partial charge < -0.3 is 20.3 Å². The van der Waals surface area contributed by atoms with Crippen LogP contribution in [0.25, 0.3) is 0 Å². The van der Waals surface area contributed by atoms with Crippen LogP contribution in [-0.2, 0) is 24.3 Å². The summed E-state index contributed by atoms with van der Waals surface area (Å²) in [6.45, 7) is 8.97. The van der Waals surface area contributed by atoms with E-state index in [1.165, 1.54) is 16.0 Å². The normalized spacial score (nSPS) is 14.2. The molecule has 0 aliphatic carbocycles. The molecule has 2 N–H and O–H groups in total. The third-order valence-corrected chi connectivity index (χ3v) is 6.61. The van der Waals surface area contributed by atoms with E-state index in [4.69, 9.17) is 4.74 Å². The van der Waals surface area contributed by atoms with Gasteiger partial charge in [-0.3, -0.25) is 9.79 Å². The van der Waals surface area contributed by atoms with Crippen LogP contribution in [0.5, 0.6) is 5.75 Å². The Kier molecular flexibility index (Phi) is 10.8. The molecule has 2 aromatic rings. The quantitative estimate of drug-likeness (QED) is 0.279. The molecule has 3 rings (SSSR count). The second-order valence-electron chi connectivity index (χ2n) is 7.98. The number of hydrogen-bond donors (Lipinski definition) is 2. The van der Waals surface area contributed by atoms with Crippen molar-refractivity contribution in [2.24, 2.45) is 4.99 Å². The summed E-state index contributed by atoms with van der Waals surface area (Å²) in [5, 5.41) is 8.71. The highest BCUT2D eigenvalue weighted by Gasteiger charge is 2.21. The Balaban J connectivity index is 0.00000363. The van der Waals surface area contributed by atoms with Crippen LogP contribution in [0.2, 0.25) is 0 Å². The molecule has 0 bridgehead atoms. The van der Waals surface area contributed by atoms with E-state index in [0.717, 1.165) is 37.2 Å². The second-order valence-corrected chi connectivity index (χ2v) is 8.99. The molecule has 1 aliphatic rings. The molecule has 2 heterocycles. The van der Waals surface area contributed by atoms with Crippen molar-refractivity contribution in [2.75, 3.05) is 20.1 Å². The van der Waals surface area contributed by atoms with E-state index < -0.39 is 0 Å². The Labute approximate surface area is 212 Å². The Morgan fingerprint density at radius 2 is 2.12 bits per heavy atom. The summed E-state index contributed by atoms with van der Waals surface area (Å²) in [7, 11) is 1.74. The minimum atomic E-state index is 0. The number of hydrogen-bond acceptors (Lipinski definition) is 4. The molecule has 0 saturated carbocycles. The van der Waals surface area contributed by atoms with Crippen LogP contribution in [0.1, 0.15) is 48.3 Å². The van der Waals surface area contributed by atoms with Crippen LogP contribution in [0.15, 0.2) is 34.6 Å². The summed E-state index contributed by atoms with van der Waals surface area (Å²) in [5.74, 6) is 1.77. The molecule has 1 amide bonds. The van der Waals surface area contributed by atoms with Crippen LogP contribution >= 0.6 is 35.3 Å². The molecule has 0 radical (unpaired) electrons. The lowest BCUT2D eigenvalue weighted by Gasteiger charge is -2.27. The molecule has 1 atom stereocenters. The zero-order chi connectivity index (χ0) is 22.2. The van der Waals surface area contributed by atoms with Crippen molar-refractivity contribution in [2.45, 2.75) is 59.2 Å². The predicted octanol–water partition coefficient (Wildman–Crippen LogP) is 4.49. The van der Waals surface area contributed by atoms with E-state index in [2.05, 4.69) is 66.0 Å². The van der Waals surface area contributed by atoms with E-state index in [1.54, 1.807) is 18.4 Å². The van der Waals surface area contributed by atoms with Crippen molar-refractivity contribution in [3.63, 3.8) is 0 Å². The van der Waals surface area contributed by atoms with Gasteiger partial charge in [-0.05, 0) is 55.3 Å². The molecule has 0 spiro atoms. The average molecular weight is 571 g/mol. The molecule has 6 nitrogen and oxygen atoms in total. The Morgan fingerprint density at radius 1 is 1.31 bits per heavy atom. The summed E-state index contributed by atoms with van der Waals surface area (Å²) >= 11 is 1.79. The fourth-order valence-electron chi connectivity index (χ4n) is 3.52. The first-order chi connectivity index (χ1) is 15.0. The van der Waals surface area contributed by atoms with Crippen molar-refractivity contribution in [3.8, 4) is 5.75 Å². The molecular weight excluding hydrogens is 535 g/mol. The highest BCUT2D eigenvalue weighted by Crippen LogP contribution is 2.24. The fourth-order valence-corrected chi connectivity index (χ4v) is 4.41. The van der Waals surface area contributed by atoms with Gasteiger partial charge in [0.25, 0.3) is 0 Å². The number of rotatable bonds is 8. The highest BCUT2D eigenvalue weighted by atomic mass is 127. The third kappa shape index (κ3) is 7.37. The van der Waals surface area contributed by atoms with Crippen molar-refractivity contribution >= 4 is 47.2 Å². The first-order valence-corrected chi connectivity index (χ1v) is 11.9. The molecule has 0 saturated heterocycles. The number of fused-ring (bicyclic) bond motifs is 1. The van der Waals surface area contributed by atoms with Gasteiger partial charge in [0.05, 0.1) is 6.10 Å². The number of aliphatic imine (C=N–C) groups is 1. The first kappa shape index (κ1) is 26.4. The van der Waals surface area contributed by atoms with E-state index in [0.29, 0.717) is 25.5 Å². The lowest BCUT2D eigenvalue weighted by Crippen LogP contribution is -2.40. The summed E-state index contributed by atoms with van der Waals surface area (Å²) < 4.78 is 6.09. The number of benzene rings is 1. The maximum atomic E-state index is 12.6. The number of thiophene rings is 1. The van der Waals surface area contributed by atoms with Crippen LogP contribution in [0, 0.1) is 6.92 Å². The van der Waals surface area contributed by atoms with Crippen LogP contribution in [0.3, 0.4) is 0 Å². The first-order valence-electron chi connectivity index (χ1n) is 11.0. The number of nitrogens with one attached hydrogen (secondary N) is 2. The number of guanidine groups is 1. The largest absolute Gasteiger partial charge is 0.490 e. The van der Waals surface area contributed by atoms with Gasteiger partial charge in [-0.25, -0.2) is 0 Å². The number of amides is 1. The third-order valence-electron chi connectivity index (χ3n) is 5.59. The molecule has 0 fully saturated rings. The van der Waals surface area contributed by atoms with Gasteiger partial charge in [-0.15, -0.1) is 35.3 Å². The summed E-state index contributed by atoms with van der Waals surface area (Å²) in [6, 6.07) is 8.39. The molecular formula is C24H35IN4O2S. The number of carbonyl (C=O) groups is 1. The minimum Gasteiger partial charge on any atom is -0.490 e. The Bertz CT molecular complexity index is 915. The monoisotopic (exact) mass is 570 g/mol. The molecule has 176 valence electrons. The highest BCUT2D eigenvalue weighted by molar-refractivity contribution is 14.0.